The zero-order chi connectivity index (χ0) is 13.2. The third-order valence-electron chi connectivity index (χ3n) is 2.11. The molecule has 7 heteroatoms. The number of rotatable bonds is 3. The predicted molar refractivity (Wildman–Crippen MR) is 51.6 cm³/mol. The van der Waals surface area contributed by atoms with Gasteiger partial charge in [0.1, 0.15) is 11.6 Å². The summed E-state index contributed by atoms with van der Waals surface area (Å²) < 4.78 is 62.0. The number of nitrogens with one attached hydrogen (secondary N) is 1. The Morgan fingerprint density at radius 3 is 2.35 bits per heavy atom. The van der Waals surface area contributed by atoms with Crippen LogP contribution >= 0.6 is 0 Å². The maximum absolute atomic E-state index is 13.2. The van der Waals surface area contributed by atoms with E-state index in [1.807, 2.05) is 5.32 Å². The van der Waals surface area contributed by atoms with Crippen LogP contribution in [0.1, 0.15) is 5.56 Å². The minimum Gasteiger partial charge on any atom is -0.382 e. The van der Waals surface area contributed by atoms with Crippen molar-refractivity contribution in [3.8, 4) is 0 Å². The molecule has 0 aliphatic rings. The lowest BCUT2D eigenvalue weighted by atomic mass is 10.2. The van der Waals surface area contributed by atoms with Crippen LogP contribution in [0.3, 0.4) is 0 Å². The van der Waals surface area contributed by atoms with Gasteiger partial charge in [-0.15, -0.1) is 0 Å². The van der Waals surface area contributed by atoms with Crippen molar-refractivity contribution in [1.82, 2.24) is 0 Å². The Bertz CT molecular complexity index is 404. The van der Waals surface area contributed by atoms with E-state index < -0.39 is 36.1 Å². The highest BCUT2D eigenvalue weighted by molar-refractivity contribution is 5.47. The van der Waals surface area contributed by atoms with Gasteiger partial charge in [-0.3, -0.25) is 0 Å². The Balaban J connectivity index is 2.73. The average Bonchev–Trinajstić information content (AvgIpc) is 2.19. The molecule has 0 aromatic heterocycles. The average molecular weight is 255 g/mol. The molecule has 0 amide bonds. The molecular weight excluding hydrogens is 245 g/mol. The fourth-order valence-electron chi connectivity index (χ4n) is 1.10. The van der Waals surface area contributed by atoms with Gasteiger partial charge in [0.25, 0.3) is 0 Å². The van der Waals surface area contributed by atoms with Crippen molar-refractivity contribution in [3.63, 3.8) is 0 Å². The number of hydrogen-bond acceptors (Lipinski definition) is 2. The van der Waals surface area contributed by atoms with E-state index in [0.717, 1.165) is 12.1 Å². The van der Waals surface area contributed by atoms with Gasteiger partial charge in [0.2, 0.25) is 0 Å². The molecule has 0 fully saturated rings. The van der Waals surface area contributed by atoms with Gasteiger partial charge in [0.15, 0.2) is 6.10 Å². The van der Waals surface area contributed by atoms with E-state index in [1.54, 1.807) is 0 Å². The molecule has 1 aromatic carbocycles. The summed E-state index contributed by atoms with van der Waals surface area (Å²) in [7, 11) is 0. The SMILES string of the molecule is Cc1cc(F)c(NCC(O)C(F)(F)F)cc1F. The number of aryl methyl sites for hydroxylation is 1. The first kappa shape index (κ1) is 13.7. The van der Waals surface area contributed by atoms with Crippen molar-refractivity contribution in [2.24, 2.45) is 0 Å². The van der Waals surface area contributed by atoms with Crippen LogP contribution in [-0.2, 0) is 0 Å². The molecule has 0 aliphatic heterocycles. The van der Waals surface area contributed by atoms with Gasteiger partial charge in [0, 0.05) is 12.6 Å². The molecule has 0 bridgehead atoms. The van der Waals surface area contributed by atoms with Crippen molar-refractivity contribution in [2.75, 3.05) is 11.9 Å². The second kappa shape index (κ2) is 4.87. The molecule has 2 N–H and O–H groups in total. The van der Waals surface area contributed by atoms with Gasteiger partial charge in [-0.1, -0.05) is 0 Å². The Kier molecular flexibility index (Phi) is 3.92. The Labute approximate surface area is 94.1 Å². The van der Waals surface area contributed by atoms with E-state index in [9.17, 15) is 22.0 Å². The second-order valence-electron chi connectivity index (χ2n) is 3.52. The van der Waals surface area contributed by atoms with Gasteiger partial charge >= 0.3 is 6.18 Å². The predicted octanol–water partition coefficient (Wildman–Crippen LogP) is 2.61. The smallest absolute Gasteiger partial charge is 0.382 e. The van der Waals surface area contributed by atoms with Crippen LogP contribution in [0.15, 0.2) is 12.1 Å². The number of alkyl halides is 3. The second-order valence-corrected chi connectivity index (χ2v) is 3.52. The molecule has 1 aromatic rings. The van der Waals surface area contributed by atoms with Gasteiger partial charge in [-0.05, 0) is 18.6 Å². The summed E-state index contributed by atoms with van der Waals surface area (Å²) >= 11 is 0. The lowest BCUT2D eigenvalue weighted by Gasteiger charge is -2.16. The van der Waals surface area contributed by atoms with Gasteiger partial charge in [-0.2, -0.15) is 13.2 Å². The number of hydrogen-bond donors (Lipinski definition) is 2. The summed E-state index contributed by atoms with van der Waals surface area (Å²) in [6.45, 7) is 0.385. The third-order valence-corrected chi connectivity index (χ3v) is 2.11. The van der Waals surface area contributed by atoms with E-state index >= 15 is 0 Å². The first-order valence-corrected chi connectivity index (χ1v) is 4.66. The van der Waals surface area contributed by atoms with Crippen LogP contribution in [0.2, 0.25) is 0 Å². The number of aliphatic hydroxyl groups excluding tert-OH is 1. The number of aliphatic hydroxyl groups is 1. The standard InChI is InChI=1S/C10H10F5NO/c1-5-2-7(12)8(3-6(5)11)16-4-9(17)10(13,14)15/h2-3,9,16-17H,4H2,1H3. The fraction of sp³-hybridized carbons (Fsp3) is 0.400. The highest BCUT2D eigenvalue weighted by Crippen LogP contribution is 2.22. The molecule has 17 heavy (non-hydrogen) atoms. The molecule has 96 valence electrons. The highest BCUT2D eigenvalue weighted by atomic mass is 19.4. The molecule has 0 spiro atoms. The summed E-state index contributed by atoms with van der Waals surface area (Å²) in [6, 6.07) is 1.60. The van der Waals surface area contributed by atoms with Crippen molar-refractivity contribution in [2.45, 2.75) is 19.2 Å². The lowest BCUT2D eigenvalue weighted by Crippen LogP contribution is -2.35. The van der Waals surface area contributed by atoms with E-state index in [0.29, 0.717) is 0 Å². The van der Waals surface area contributed by atoms with Gasteiger partial charge < -0.3 is 10.4 Å². The molecule has 0 heterocycles. The molecule has 1 unspecified atom stereocenters. The van der Waals surface area contributed by atoms with Crippen molar-refractivity contribution >= 4 is 5.69 Å². The van der Waals surface area contributed by atoms with Crippen LogP contribution in [0, 0.1) is 18.6 Å². The summed E-state index contributed by atoms with van der Waals surface area (Å²) in [6.07, 6.45) is -7.43. The summed E-state index contributed by atoms with van der Waals surface area (Å²) in [5.41, 5.74) is -0.374. The Hall–Kier alpha value is -1.37. The zero-order valence-electron chi connectivity index (χ0n) is 8.78. The summed E-state index contributed by atoms with van der Waals surface area (Å²) in [5.74, 6) is -1.62. The van der Waals surface area contributed by atoms with Crippen LogP contribution in [0.25, 0.3) is 0 Å². The molecular formula is C10H10F5NO. The van der Waals surface area contributed by atoms with E-state index in [-0.39, 0.29) is 5.56 Å². The number of halogens is 5. The largest absolute Gasteiger partial charge is 0.416 e. The Morgan fingerprint density at radius 1 is 1.24 bits per heavy atom. The van der Waals surface area contributed by atoms with Crippen LogP contribution in [-0.4, -0.2) is 23.9 Å². The number of benzene rings is 1. The van der Waals surface area contributed by atoms with Crippen LogP contribution in [0.4, 0.5) is 27.6 Å². The van der Waals surface area contributed by atoms with Crippen molar-refractivity contribution in [3.05, 3.63) is 29.3 Å². The van der Waals surface area contributed by atoms with E-state index in [4.69, 9.17) is 5.11 Å². The quantitative estimate of drug-likeness (QED) is 0.814. The molecule has 0 aliphatic carbocycles. The van der Waals surface area contributed by atoms with E-state index in [2.05, 4.69) is 0 Å². The highest BCUT2D eigenvalue weighted by Gasteiger charge is 2.37. The van der Waals surface area contributed by atoms with Gasteiger partial charge in [0.05, 0.1) is 5.69 Å². The third kappa shape index (κ3) is 3.55. The summed E-state index contributed by atoms with van der Waals surface area (Å²) in [4.78, 5) is 0. The monoisotopic (exact) mass is 255 g/mol. The fourth-order valence-corrected chi connectivity index (χ4v) is 1.10. The molecule has 0 saturated carbocycles. The van der Waals surface area contributed by atoms with Crippen LogP contribution in [0.5, 0.6) is 0 Å². The molecule has 1 atom stereocenters. The minimum atomic E-state index is -4.80. The molecule has 0 radical (unpaired) electrons. The lowest BCUT2D eigenvalue weighted by molar-refractivity contribution is -0.198. The first-order chi connectivity index (χ1) is 7.71. The zero-order valence-corrected chi connectivity index (χ0v) is 8.78. The first-order valence-electron chi connectivity index (χ1n) is 4.66. The van der Waals surface area contributed by atoms with E-state index in [1.165, 1.54) is 6.92 Å². The van der Waals surface area contributed by atoms with Crippen molar-refractivity contribution in [1.29, 1.82) is 0 Å². The summed E-state index contributed by atoms with van der Waals surface area (Å²) in [5, 5.41) is 10.7. The maximum atomic E-state index is 13.2. The van der Waals surface area contributed by atoms with Crippen LogP contribution < -0.4 is 5.32 Å². The topological polar surface area (TPSA) is 32.3 Å². The molecule has 0 saturated heterocycles. The molecule has 1 rings (SSSR count). The molecule has 2 nitrogen and oxygen atoms in total. The van der Waals surface area contributed by atoms with Crippen molar-refractivity contribution < 1.29 is 27.1 Å². The number of anilines is 1. The normalized spacial score (nSPS) is 13.6. The van der Waals surface area contributed by atoms with Gasteiger partial charge in [-0.25, -0.2) is 8.78 Å². The minimum absolute atomic E-state index is 0.0458. The maximum Gasteiger partial charge on any atom is 0.416 e. The Morgan fingerprint density at radius 2 is 1.82 bits per heavy atom.